The normalized spacial score (nSPS) is 22.1. The molecule has 1 nitrogen and oxygen atoms in total. The second kappa shape index (κ2) is 5.11. The lowest BCUT2D eigenvalue weighted by Gasteiger charge is -2.30. The highest BCUT2D eigenvalue weighted by atomic mass is 28.3. The molecule has 1 unspecified atom stereocenters. The van der Waals surface area contributed by atoms with Crippen molar-refractivity contribution in [2.75, 3.05) is 0 Å². The Labute approximate surface area is 109 Å². The molecule has 0 heterocycles. The van der Waals surface area contributed by atoms with Gasteiger partial charge in [-0.25, -0.2) is 0 Å². The van der Waals surface area contributed by atoms with E-state index in [1.165, 1.54) is 11.6 Å². The van der Waals surface area contributed by atoms with Gasteiger partial charge in [0, 0.05) is 5.54 Å². The van der Waals surface area contributed by atoms with E-state index in [2.05, 4.69) is 60.4 Å². The van der Waals surface area contributed by atoms with Crippen LogP contribution in [0.15, 0.2) is 21.9 Å². The number of nitrogens with one attached hydrogen (secondary N) is 1. The predicted octanol–water partition coefficient (Wildman–Crippen LogP) is 4.23. The maximum absolute atomic E-state index is 3.87. The molecule has 0 saturated heterocycles. The summed E-state index contributed by atoms with van der Waals surface area (Å²) < 4.78 is 0. The predicted molar refractivity (Wildman–Crippen MR) is 79.4 cm³/mol. The third kappa shape index (κ3) is 3.11. The van der Waals surface area contributed by atoms with E-state index in [4.69, 9.17) is 0 Å². The van der Waals surface area contributed by atoms with Gasteiger partial charge in [-0.1, -0.05) is 30.2 Å². The summed E-state index contributed by atoms with van der Waals surface area (Å²) in [4.78, 5) is 3.87. The number of hydrogen-bond donors (Lipinski definition) is 1. The lowest BCUT2D eigenvalue weighted by molar-refractivity contribution is 0.516. The van der Waals surface area contributed by atoms with Crippen LogP contribution >= 0.6 is 0 Å². The summed E-state index contributed by atoms with van der Waals surface area (Å²) in [7, 11) is -0.593. The molecule has 0 bridgehead atoms. The molecule has 0 spiro atoms. The van der Waals surface area contributed by atoms with Crippen molar-refractivity contribution in [2.45, 2.75) is 67.0 Å². The van der Waals surface area contributed by atoms with E-state index in [0.717, 1.165) is 0 Å². The average molecular weight is 250 g/mol. The minimum absolute atomic E-state index is 0.224. The van der Waals surface area contributed by atoms with Crippen LogP contribution in [0.2, 0.25) is 6.04 Å². The van der Waals surface area contributed by atoms with Gasteiger partial charge in [0.05, 0.1) is 0 Å². The zero-order chi connectivity index (χ0) is 13.4. The highest BCUT2D eigenvalue weighted by Gasteiger charge is 2.31. The fourth-order valence-electron chi connectivity index (χ4n) is 2.65. The van der Waals surface area contributed by atoms with Gasteiger partial charge in [0.1, 0.15) is 0 Å². The largest absolute Gasteiger partial charge is 0.330 e. The van der Waals surface area contributed by atoms with E-state index in [1.807, 2.05) is 0 Å². The van der Waals surface area contributed by atoms with Crippen LogP contribution in [0.3, 0.4) is 0 Å². The molecular weight excluding hydrogens is 222 g/mol. The standard InChI is InChI=1S/C15H28NSi/c1-9-17(16-15(6,7)8)14-12(4)10(2)11(3)13(14)5/h12,16H,9H2,1-8H3. The smallest absolute Gasteiger partial charge is 0.166 e. The summed E-state index contributed by atoms with van der Waals surface area (Å²) in [6.45, 7) is 18.4. The molecule has 0 aromatic heterocycles. The number of rotatable bonds is 3. The summed E-state index contributed by atoms with van der Waals surface area (Å²) >= 11 is 0. The van der Waals surface area contributed by atoms with Crippen molar-refractivity contribution in [2.24, 2.45) is 5.92 Å². The second-order valence-electron chi connectivity index (χ2n) is 6.28. The minimum atomic E-state index is -0.593. The van der Waals surface area contributed by atoms with Gasteiger partial charge in [-0.15, -0.1) is 0 Å². The quantitative estimate of drug-likeness (QED) is 0.739. The first-order valence-corrected chi connectivity index (χ1v) is 8.42. The first-order chi connectivity index (χ1) is 7.69. The summed E-state index contributed by atoms with van der Waals surface area (Å²) in [5.41, 5.74) is 4.88. The molecule has 1 radical (unpaired) electrons. The van der Waals surface area contributed by atoms with Crippen LogP contribution in [0.4, 0.5) is 0 Å². The van der Waals surface area contributed by atoms with Crippen molar-refractivity contribution in [3.63, 3.8) is 0 Å². The van der Waals surface area contributed by atoms with E-state index in [9.17, 15) is 0 Å². The Balaban J connectivity index is 3.00. The van der Waals surface area contributed by atoms with Crippen molar-refractivity contribution in [3.8, 4) is 0 Å². The van der Waals surface area contributed by atoms with E-state index in [1.54, 1.807) is 16.3 Å². The molecule has 0 aliphatic heterocycles. The molecule has 0 amide bonds. The van der Waals surface area contributed by atoms with Crippen LogP contribution in [0, 0.1) is 5.92 Å². The third-order valence-corrected chi connectivity index (χ3v) is 7.06. The van der Waals surface area contributed by atoms with Gasteiger partial charge in [0.2, 0.25) is 0 Å². The highest BCUT2D eigenvalue weighted by molar-refractivity contribution is 6.65. The molecular formula is C15H28NSi. The van der Waals surface area contributed by atoms with Crippen LogP contribution < -0.4 is 4.98 Å². The van der Waals surface area contributed by atoms with Crippen LogP contribution in [0.1, 0.15) is 55.4 Å². The molecule has 1 aliphatic carbocycles. The van der Waals surface area contributed by atoms with Gasteiger partial charge in [0.25, 0.3) is 0 Å². The summed E-state index contributed by atoms with van der Waals surface area (Å²) in [6, 6.07) is 1.26. The van der Waals surface area contributed by atoms with Crippen LogP contribution in [-0.2, 0) is 0 Å². The Kier molecular flexibility index (Phi) is 4.42. The van der Waals surface area contributed by atoms with E-state index < -0.39 is 8.96 Å². The van der Waals surface area contributed by atoms with E-state index >= 15 is 0 Å². The molecule has 1 rings (SSSR count). The van der Waals surface area contributed by atoms with Crippen LogP contribution in [0.25, 0.3) is 0 Å². The third-order valence-electron chi connectivity index (χ3n) is 3.85. The first-order valence-electron chi connectivity index (χ1n) is 6.72. The second-order valence-corrected chi connectivity index (χ2v) is 8.73. The van der Waals surface area contributed by atoms with Gasteiger partial charge in [-0.05, 0) is 59.1 Å². The molecule has 0 aromatic rings. The van der Waals surface area contributed by atoms with E-state index in [-0.39, 0.29) is 5.54 Å². The van der Waals surface area contributed by atoms with Crippen LogP contribution in [0.5, 0.6) is 0 Å². The minimum Gasteiger partial charge on any atom is -0.330 e. The van der Waals surface area contributed by atoms with Crippen molar-refractivity contribution in [1.82, 2.24) is 4.98 Å². The van der Waals surface area contributed by atoms with Crippen LogP contribution in [-0.4, -0.2) is 14.5 Å². The molecule has 17 heavy (non-hydrogen) atoms. The summed E-state index contributed by atoms with van der Waals surface area (Å²) in [5.74, 6) is 0.652. The van der Waals surface area contributed by atoms with Gasteiger partial charge in [-0.3, -0.25) is 0 Å². The topological polar surface area (TPSA) is 12.0 Å². The Bertz CT molecular complexity index is 358. The Hall–Kier alpha value is -0.343. The van der Waals surface area contributed by atoms with Gasteiger partial charge in [0.15, 0.2) is 8.96 Å². The fourth-order valence-corrected chi connectivity index (χ4v) is 5.63. The Morgan fingerprint density at radius 3 is 1.94 bits per heavy atom. The van der Waals surface area contributed by atoms with Gasteiger partial charge < -0.3 is 4.98 Å². The van der Waals surface area contributed by atoms with Crippen molar-refractivity contribution >= 4 is 8.96 Å². The maximum atomic E-state index is 3.87. The Morgan fingerprint density at radius 2 is 1.65 bits per heavy atom. The molecule has 1 atom stereocenters. The Morgan fingerprint density at radius 1 is 1.12 bits per heavy atom. The molecule has 97 valence electrons. The fraction of sp³-hybridized carbons (Fsp3) is 0.733. The molecule has 1 aliphatic rings. The highest BCUT2D eigenvalue weighted by Crippen LogP contribution is 2.38. The maximum Gasteiger partial charge on any atom is 0.166 e. The SMILES string of the molecule is CC[Si](NC(C)(C)C)C1=C(C)C(C)=C(C)C1C. The van der Waals surface area contributed by atoms with Crippen molar-refractivity contribution < 1.29 is 0 Å². The van der Waals surface area contributed by atoms with E-state index in [0.29, 0.717) is 5.92 Å². The number of allylic oxidation sites excluding steroid dienone is 4. The zero-order valence-corrected chi connectivity index (χ0v) is 13.8. The van der Waals surface area contributed by atoms with Gasteiger partial charge in [-0.2, -0.15) is 0 Å². The first kappa shape index (κ1) is 14.7. The monoisotopic (exact) mass is 250 g/mol. The number of hydrogen-bond acceptors (Lipinski definition) is 1. The summed E-state index contributed by atoms with van der Waals surface area (Å²) in [6.07, 6.45) is 0. The molecule has 2 heteroatoms. The molecule has 0 saturated carbocycles. The summed E-state index contributed by atoms with van der Waals surface area (Å²) in [5, 5.41) is 1.71. The zero-order valence-electron chi connectivity index (χ0n) is 12.8. The lowest BCUT2D eigenvalue weighted by atomic mass is 10.1. The molecule has 0 aromatic carbocycles. The average Bonchev–Trinajstić information content (AvgIpc) is 2.40. The van der Waals surface area contributed by atoms with Crippen molar-refractivity contribution in [3.05, 3.63) is 21.9 Å². The molecule has 0 fully saturated rings. The molecule has 1 N–H and O–H groups in total. The van der Waals surface area contributed by atoms with Gasteiger partial charge >= 0.3 is 0 Å². The lowest BCUT2D eigenvalue weighted by Crippen LogP contribution is -2.48. The van der Waals surface area contributed by atoms with Crippen molar-refractivity contribution in [1.29, 1.82) is 0 Å².